The zero-order chi connectivity index (χ0) is 26.3. The molecular weight excluding hydrogens is 434 g/mol. The van der Waals surface area contributed by atoms with E-state index < -0.39 is 0 Å². The molecule has 0 heterocycles. The van der Waals surface area contributed by atoms with Crippen molar-refractivity contribution in [1.82, 2.24) is 4.90 Å². The number of allylic oxidation sites excluding steroid dienone is 2. The molecule has 0 aromatic heterocycles. The molecule has 36 heavy (non-hydrogen) atoms. The lowest BCUT2D eigenvalue weighted by Gasteiger charge is -2.22. The Hall–Kier alpha value is -1.50. The molecule has 0 aliphatic heterocycles. The molecule has 1 nitrogen and oxygen atoms in total. The Kier molecular flexibility index (Phi) is 20.5. The summed E-state index contributed by atoms with van der Waals surface area (Å²) in [5.41, 5.74) is 5.55. The minimum Gasteiger partial charge on any atom is -0.378 e. The molecular formula is C35H61N. The summed E-state index contributed by atoms with van der Waals surface area (Å²) >= 11 is 0. The summed E-state index contributed by atoms with van der Waals surface area (Å²) in [5.74, 6) is 0. The molecule has 0 aliphatic rings. The predicted molar refractivity (Wildman–Crippen MR) is 165 cm³/mol. The average molecular weight is 496 g/mol. The highest BCUT2D eigenvalue weighted by molar-refractivity contribution is 5.66. The zero-order valence-corrected chi connectivity index (χ0v) is 24.9. The van der Waals surface area contributed by atoms with Crippen LogP contribution in [0.25, 0.3) is 5.57 Å². The van der Waals surface area contributed by atoms with Crippen molar-refractivity contribution in [1.29, 1.82) is 0 Å². The molecule has 0 amide bonds. The molecule has 0 fully saturated rings. The van der Waals surface area contributed by atoms with Gasteiger partial charge in [0.2, 0.25) is 0 Å². The van der Waals surface area contributed by atoms with Crippen LogP contribution >= 0.6 is 0 Å². The van der Waals surface area contributed by atoms with E-state index in [2.05, 4.69) is 69.6 Å². The second-order valence-electron chi connectivity index (χ2n) is 11.0. The summed E-state index contributed by atoms with van der Waals surface area (Å²) in [7, 11) is 2.21. The van der Waals surface area contributed by atoms with Crippen LogP contribution < -0.4 is 0 Å². The van der Waals surface area contributed by atoms with Gasteiger partial charge >= 0.3 is 0 Å². The van der Waals surface area contributed by atoms with Crippen LogP contribution in [0.5, 0.6) is 0 Å². The van der Waals surface area contributed by atoms with Gasteiger partial charge in [0.15, 0.2) is 0 Å². The molecule has 206 valence electrons. The van der Waals surface area contributed by atoms with Gasteiger partial charge in [0.1, 0.15) is 0 Å². The number of hydrogen-bond donors (Lipinski definition) is 0. The van der Waals surface area contributed by atoms with Crippen molar-refractivity contribution in [3.63, 3.8) is 0 Å². The minimum atomic E-state index is 1.05. The lowest BCUT2D eigenvalue weighted by molar-refractivity contribution is 0.405. The van der Waals surface area contributed by atoms with E-state index in [4.69, 9.17) is 0 Å². The van der Waals surface area contributed by atoms with Gasteiger partial charge in [0, 0.05) is 19.3 Å². The fraction of sp³-hybridized carbons (Fsp3) is 0.714. The molecule has 0 spiro atoms. The highest BCUT2D eigenvalue weighted by Gasteiger charge is 2.06. The van der Waals surface area contributed by atoms with Gasteiger partial charge in [-0.25, -0.2) is 0 Å². The van der Waals surface area contributed by atoms with Gasteiger partial charge in [-0.2, -0.15) is 0 Å². The quantitative estimate of drug-likeness (QED) is 0.129. The van der Waals surface area contributed by atoms with Gasteiger partial charge in [0.25, 0.3) is 0 Å². The van der Waals surface area contributed by atoms with E-state index >= 15 is 0 Å². The van der Waals surface area contributed by atoms with Crippen LogP contribution in [0.4, 0.5) is 0 Å². The molecule has 0 radical (unpaired) electrons. The molecule has 0 atom stereocenters. The van der Waals surface area contributed by atoms with Crippen molar-refractivity contribution in [2.45, 2.75) is 149 Å². The van der Waals surface area contributed by atoms with Gasteiger partial charge < -0.3 is 4.90 Å². The first kappa shape index (κ1) is 32.5. The summed E-state index contributed by atoms with van der Waals surface area (Å²) in [6, 6.07) is 9.02. The molecule has 0 saturated carbocycles. The van der Waals surface area contributed by atoms with Crippen LogP contribution in [-0.2, 0) is 6.42 Å². The number of hydrogen-bond acceptors (Lipinski definition) is 1. The summed E-state index contributed by atoms with van der Waals surface area (Å²) in [6.07, 6.45) is 29.9. The summed E-state index contributed by atoms with van der Waals surface area (Å²) in [6.45, 7) is 12.1. The molecule has 0 aliphatic carbocycles. The lowest BCUT2D eigenvalue weighted by atomic mass is 9.99. The summed E-state index contributed by atoms with van der Waals surface area (Å²) < 4.78 is 0. The maximum atomic E-state index is 4.38. The fourth-order valence-corrected chi connectivity index (χ4v) is 5.14. The van der Waals surface area contributed by atoms with E-state index in [1.165, 1.54) is 132 Å². The van der Waals surface area contributed by atoms with Gasteiger partial charge in [0.05, 0.1) is 0 Å². The molecule has 1 aromatic carbocycles. The molecule has 1 aromatic rings. The van der Waals surface area contributed by atoms with Crippen molar-refractivity contribution in [3.8, 4) is 0 Å². The first-order valence-corrected chi connectivity index (χ1v) is 15.8. The summed E-state index contributed by atoms with van der Waals surface area (Å²) in [4.78, 5) is 2.37. The maximum Gasteiger partial charge on any atom is 0.0212 e. The van der Waals surface area contributed by atoms with Gasteiger partial charge in [-0.05, 0) is 49.3 Å². The third-order valence-corrected chi connectivity index (χ3v) is 7.88. The molecule has 0 bridgehead atoms. The van der Waals surface area contributed by atoms with Crippen molar-refractivity contribution in [2.24, 2.45) is 0 Å². The molecule has 0 N–H and O–H groups in total. The maximum absolute atomic E-state index is 4.38. The Labute approximate surface area is 226 Å². The first-order chi connectivity index (χ1) is 17.6. The second-order valence-corrected chi connectivity index (χ2v) is 11.0. The Bertz CT molecular complexity index is 686. The topological polar surface area (TPSA) is 3.24 Å². The highest BCUT2D eigenvalue weighted by Crippen LogP contribution is 2.22. The third kappa shape index (κ3) is 16.3. The average Bonchev–Trinajstić information content (AvgIpc) is 2.90. The second kappa shape index (κ2) is 22.7. The van der Waals surface area contributed by atoms with Crippen molar-refractivity contribution in [3.05, 3.63) is 53.7 Å². The molecule has 1 heteroatoms. The largest absolute Gasteiger partial charge is 0.378 e. The number of benzene rings is 1. The van der Waals surface area contributed by atoms with Crippen LogP contribution in [0.1, 0.15) is 154 Å². The van der Waals surface area contributed by atoms with Gasteiger partial charge in [-0.1, -0.05) is 154 Å². The molecule has 0 saturated heterocycles. The smallest absolute Gasteiger partial charge is 0.0212 e. The van der Waals surface area contributed by atoms with E-state index in [9.17, 15) is 0 Å². The Morgan fingerprint density at radius 3 is 1.69 bits per heavy atom. The normalized spacial score (nSPS) is 11.7. The third-order valence-electron chi connectivity index (χ3n) is 7.88. The highest BCUT2D eigenvalue weighted by atomic mass is 15.1. The van der Waals surface area contributed by atoms with Crippen molar-refractivity contribution >= 4 is 5.57 Å². The minimum absolute atomic E-state index is 1.05. The van der Waals surface area contributed by atoms with Crippen molar-refractivity contribution < 1.29 is 0 Å². The lowest BCUT2D eigenvalue weighted by Crippen LogP contribution is -2.18. The number of unbranched alkanes of at least 4 members (excludes halogenated alkanes) is 16. The SMILES string of the molecule is C=C(CCCCCCCCCCCCCCCCCCC)N(C)CC/C(=C/C)c1cccc(CC)c1. The van der Waals surface area contributed by atoms with Gasteiger partial charge in [-0.3, -0.25) is 0 Å². The van der Waals surface area contributed by atoms with E-state index in [1.54, 1.807) is 0 Å². The first-order valence-electron chi connectivity index (χ1n) is 15.8. The molecule has 1 rings (SSSR count). The number of nitrogens with zero attached hydrogens (tertiary/aromatic N) is 1. The zero-order valence-electron chi connectivity index (χ0n) is 24.9. The van der Waals surface area contributed by atoms with Crippen LogP contribution in [0, 0.1) is 0 Å². The predicted octanol–water partition coefficient (Wildman–Crippen LogP) is 11.5. The van der Waals surface area contributed by atoms with E-state index in [0.29, 0.717) is 0 Å². The standard InChI is InChI=1S/C35H61N/c1-6-9-10-11-12-13-14-15-16-17-18-19-20-21-22-23-24-26-32(4)36(5)30-29-34(8-3)35-28-25-27-33(7-2)31-35/h8,25,27-28,31H,4,6-7,9-24,26,29-30H2,1-3,5H3/b34-8-. The van der Waals surface area contributed by atoms with Gasteiger partial charge in [-0.15, -0.1) is 0 Å². The molecule has 0 unspecified atom stereocenters. The summed E-state index contributed by atoms with van der Waals surface area (Å²) in [5, 5.41) is 0. The van der Waals surface area contributed by atoms with Crippen LogP contribution in [0.15, 0.2) is 42.6 Å². The van der Waals surface area contributed by atoms with Crippen LogP contribution in [-0.4, -0.2) is 18.5 Å². The Morgan fingerprint density at radius 1 is 0.722 bits per heavy atom. The Morgan fingerprint density at radius 2 is 1.22 bits per heavy atom. The Balaban J connectivity index is 1.97. The van der Waals surface area contributed by atoms with E-state index in [1.807, 2.05) is 0 Å². The van der Waals surface area contributed by atoms with Crippen LogP contribution in [0.3, 0.4) is 0 Å². The monoisotopic (exact) mass is 495 g/mol. The van der Waals surface area contributed by atoms with Crippen molar-refractivity contribution in [2.75, 3.05) is 13.6 Å². The fourth-order valence-electron chi connectivity index (χ4n) is 5.14. The van der Waals surface area contributed by atoms with E-state index in [0.717, 1.165) is 25.8 Å². The van der Waals surface area contributed by atoms with Crippen LogP contribution in [0.2, 0.25) is 0 Å². The van der Waals surface area contributed by atoms with E-state index in [-0.39, 0.29) is 0 Å². The number of rotatable bonds is 24. The number of aryl methyl sites for hydroxylation is 1.